The van der Waals surface area contributed by atoms with E-state index in [9.17, 15) is 0 Å². The Morgan fingerprint density at radius 2 is 2.06 bits per heavy atom. The number of unbranched alkanes of at least 4 members (excludes halogenated alkanes) is 1. The SMILES string of the molecule is CCC[CH]Sc1cccc(CN2CCCCC2)c1. The summed E-state index contributed by atoms with van der Waals surface area (Å²) >= 11 is 1.88. The van der Waals surface area contributed by atoms with Crippen LogP contribution in [0, 0.1) is 5.75 Å². The molecule has 0 bridgehead atoms. The Labute approximate surface area is 116 Å². The van der Waals surface area contributed by atoms with Crippen molar-refractivity contribution in [1.29, 1.82) is 0 Å². The van der Waals surface area contributed by atoms with Crippen LogP contribution in [0.15, 0.2) is 29.2 Å². The van der Waals surface area contributed by atoms with Gasteiger partial charge in [-0.25, -0.2) is 0 Å². The standard InChI is InChI=1S/C16H24NS/c1-2-3-12-18-16-9-7-8-15(13-16)14-17-10-5-4-6-11-17/h7-9,12-13H,2-6,10-11,14H2,1H3. The second kappa shape index (κ2) is 7.85. The lowest BCUT2D eigenvalue weighted by Crippen LogP contribution is -2.29. The van der Waals surface area contributed by atoms with Gasteiger partial charge in [0.2, 0.25) is 0 Å². The summed E-state index contributed by atoms with van der Waals surface area (Å²) < 4.78 is 0. The van der Waals surface area contributed by atoms with Gasteiger partial charge in [0.05, 0.1) is 0 Å². The van der Waals surface area contributed by atoms with E-state index in [1.807, 2.05) is 11.8 Å². The average Bonchev–Trinajstić information content (AvgIpc) is 2.41. The van der Waals surface area contributed by atoms with Crippen molar-refractivity contribution in [2.75, 3.05) is 13.1 Å². The molecule has 1 radical (unpaired) electrons. The van der Waals surface area contributed by atoms with Crippen LogP contribution in [0.2, 0.25) is 0 Å². The third-order valence-corrected chi connectivity index (χ3v) is 4.31. The highest BCUT2D eigenvalue weighted by molar-refractivity contribution is 8.01. The van der Waals surface area contributed by atoms with Gasteiger partial charge in [0.1, 0.15) is 0 Å². The first-order valence-electron chi connectivity index (χ1n) is 7.18. The van der Waals surface area contributed by atoms with Crippen LogP contribution in [0.4, 0.5) is 0 Å². The number of hydrogen-bond acceptors (Lipinski definition) is 2. The van der Waals surface area contributed by atoms with E-state index < -0.39 is 0 Å². The van der Waals surface area contributed by atoms with Crippen LogP contribution in [0.25, 0.3) is 0 Å². The van der Waals surface area contributed by atoms with Crippen molar-refractivity contribution in [3.05, 3.63) is 35.6 Å². The van der Waals surface area contributed by atoms with Gasteiger partial charge < -0.3 is 0 Å². The molecule has 1 nitrogen and oxygen atoms in total. The molecule has 18 heavy (non-hydrogen) atoms. The van der Waals surface area contributed by atoms with Gasteiger partial charge >= 0.3 is 0 Å². The highest BCUT2D eigenvalue weighted by Crippen LogP contribution is 2.24. The molecule has 0 unspecified atom stereocenters. The van der Waals surface area contributed by atoms with Crippen LogP contribution in [0.3, 0.4) is 0 Å². The minimum Gasteiger partial charge on any atom is -0.299 e. The number of likely N-dealkylation sites (tertiary alicyclic amines) is 1. The highest BCUT2D eigenvalue weighted by Gasteiger charge is 2.10. The number of piperidine rings is 1. The van der Waals surface area contributed by atoms with Crippen LogP contribution in [-0.2, 0) is 6.54 Å². The van der Waals surface area contributed by atoms with Crippen LogP contribution in [0.5, 0.6) is 0 Å². The van der Waals surface area contributed by atoms with Gasteiger partial charge in [-0.05, 0) is 50.0 Å². The largest absolute Gasteiger partial charge is 0.299 e. The summed E-state index contributed by atoms with van der Waals surface area (Å²) in [5.74, 6) is 2.32. The summed E-state index contributed by atoms with van der Waals surface area (Å²) in [5.41, 5.74) is 1.46. The molecule has 0 atom stereocenters. The molecule has 1 aromatic carbocycles. The van der Waals surface area contributed by atoms with Gasteiger partial charge in [-0.2, -0.15) is 0 Å². The topological polar surface area (TPSA) is 3.24 Å². The normalized spacial score (nSPS) is 16.9. The first-order chi connectivity index (χ1) is 8.88. The summed E-state index contributed by atoms with van der Waals surface area (Å²) in [6.07, 6.45) is 6.59. The van der Waals surface area contributed by atoms with Gasteiger partial charge in [-0.15, -0.1) is 11.8 Å². The number of nitrogens with zero attached hydrogens (tertiary/aromatic N) is 1. The van der Waals surface area contributed by atoms with E-state index in [0.717, 1.165) is 6.54 Å². The van der Waals surface area contributed by atoms with E-state index in [1.165, 1.54) is 55.7 Å². The molecule has 1 aliphatic rings. The Morgan fingerprint density at radius 1 is 1.22 bits per heavy atom. The minimum absolute atomic E-state index is 1.13. The predicted molar refractivity (Wildman–Crippen MR) is 80.6 cm³/mol. The molecule has 1 saturated heterocycles. The maximum Gasteiger partial charge on any atom is 0.0234 e. The fourth-order valence-electron chi connectivity index (χ4n) is 2.37. The number of benzene rings is 1. The molecule has 2 rings (SSSR count). The van der Waals surface area contributed by atoms with Gasteiger partial charge in [0.15, 0.2) is 0 Å². The van der Waals surface area contributed by atoms with Crippen LogP contribution >= 0.6 is 11.8 Å². The van der Waals surface area contributed by atoms with Gasteiger partial charge in [0, 0.05) is 17.2 Å². The monoisotopic (exact) mass is 262 g/mol. The fourth-order valence-corrected chi connectivity index (χ4v) is 3.29. The van der Waals surface area contributed by atoms with Crippen molar-refractivity contribution in [2.24, 2.45) is 0 Å². The second-order valence-electron chi connectivity index (χ2n) is 5.06. The van der Waals surface area contributed by atoms with Crippen molar-refractivity contribution in [1.82, 2.24) is 4.90 Å². The van der Waals surface area contributed by atoms with E-state index in [4.69, 9.17) is 0 Å². The Kier molecular flexibility index (Phi) is 6.09. The number of rotatable bonds is 6. The molecule has 0 spiro atoms. The summed E-state index contributed by atoms with van der Waals surface area (Å²) in [6, 6.07) is 9.03. The minimum atomic E-state index is 1.13. The van der Waals surface area contributed by atoms with E-state index in [0.29, 0.717) is 0 Å². The van der Waals surface area contributed by atoms with Crippen LogP contribution < -0.4 is 0 Å². The summed E-state index contributed by atoms with van der Waals surface area (Å²) in [6.45, 7) is 5.91. The summed E-state index contributed by atoms with van der Waals surface area (Å²) in [7, 11) is 0. The zero-order chi connectivity index (χ0) is 12.6. The molecule has 0 aromatic heterocycles. The zero-order valence-electron chi connectivity index (χ0n) is 11.4. The first kappa shape index (κ1) is 14.0. The fraction of sp³-hybridized carbons (Fsp3) is 0.562. The Morgan fingerprint density at radius 3 is 2.83 bits per heavy atom. The van der Waals surface area contributed by atoms with Gasteiger partial charge in [-0.1, -0.05) is 31.9 Å². The zero-order valence-corrected chi connectivity index (χ0v) is 12.2. The molecular formula is C16H24NS. The van der Waals surface area contributed by atoms with Crippen molar-refractivity contribution >= 4 is 11.8 Å². The average molecular weight is 262 g/mol. The molecule has 2 heteroatoms. The quantitative estimate of drug-likeness (QED) is 0.539. The molecule has 1 aliphatic heterocycles. The molecular weight excluding hydrogens is 238 g/mol. The van der Waals surface area contributed by atoms with E-state index >= 15 is 0 Å². The summed E-state index contributed by atoms with van der Waals surface area (Å²) in [5, 5.41) is 0. The van der Waals surface area contributed by atoms with Gasteiger partial charge in [-0.3, -0.25) is 4.90 Å². The van der Waals surface area contributed by atoms with E-state index in [2.05, 4.69) is 41.8 Å². The smallest absolute Gasteiger partial charge is 0.0234 e. The Hall–Kier alpha value is -0.470. The Balaban J connectivity index is 1.85. The molecule has 1 aromatic rings. The second-order valence-corrected chi connectivity index (χ2v) is 6.10. The maximum atomic E-state index is 2.59. The van der Waals surface area contributed by atoms with Crippen molar-refractivity contribution in [2.45, 2.75) is 50.5 Å². The molecule has 1 fully saturated rings. The molecule has 99 valence electrons. The van der Waals surface area contributed by atoms with E-state index in [-0.39, 0.29) is 0 Å². The van der Waals surface area contributed by atoms with Crippen molar-refractivity contribution in [3.8, 4) is 0 Å². The highest BCUT2D eigenvalue weighted by atomic mass is 32.2. The third-order valence-electron chi connectivity index (χ3n) is 3.38. The lowest BCUT2D eigenvalue weighted by atomic mass is 10.1. The lowest BCUT2D eigenvalue weighted by Gasteiger charge is -2.26. The number of thioether (sulfide) groups is 1. The molecule has 1 heterocycles. The number of hydrogen-bond donors (Lipinski definition) is 0. The third kappa shape index (κ3) is 4.66. The van der Waals surface area contributed by atoms with Crippen molar-refractivity contribution < 1.29 is 0 Å². The lowest BCUT2D eigenvalue weighted by molar-refractivity contribution is 0.221. The predicted octanol–water partition coefficient (Wildman–Crippen LogP) is 4.73. The molecule has 0 saturated carbocycles. The van der Waals surface area contributed by atoms with Gasteiger partial charge in [0.25, 0.3) is 0 Å². The van der Waals surface area contributed by atoms with Crippen LogP contribution in [-0.4, -0.2) is 18.0 Å². The Bertz CT molecular complexity index is 345. The summed E-state index contributed by atoms with van der Waals surface area (Å²) in [4.78, 5) is 3.97. The molecule has 0 N–H and O–H groups in total. The molecule has 0 amide bonds. The first-order valence-corrected chi connectivity index (χ1v) is 8.06. The molecule has 0 aliphatic carbocycles. The maximum absolute atomic E-state index is 2.59. The van der Waals surface area contributed by atoms with E-state index in [1.54, 1.807) is 0 Å². The van der Waals surface area contributed by atoms with Crippen molar-refractivity contribution in [3.63, 3.8) is 0 Å². The van der Waals surface area contributed by atoms with Crippen LogP contribution in [0.1, 0.15) is 44.6 Å².